The molecule has 0 aromatic heterocycles. The fourth-order valence-electron chi connectivity index (χ4n) is 4.98. The molecule has 182 valence electrons. The number of rotatable bonds is 6. The summed E-state index contributed by atoms with van der Waals surface area (Å²) in [6.07, 6.45) is 2.48. The fourth-order valence-corrected chi connectivity index (χ4v) is 5.92. The van der Waals surface area contributed by atoms with Crippen LogP contribution in [0.25, 0.3) is 0 Å². The number of benzene rings is 2. The molecule has 2 N–H and O–H groups in total. The van der Waals surface area contributed by atoms with E-state index in [1.807, 2.05) is 0 Å². The van der Waals surface area contributed by atoms with E-state index >= 15 is 0 Å². The Morgan fingerprint density at radius 2 is 1.88 bits per heavy atom. The van der Waals surface area contributed by atoms with Crippen LogP contribution in [0, 0.1) is 23.6 Å². The van der Waals surface area contributed by atoms with E-state index < -0.39 is 29.2 Å². The molecule has 2 aliphatic carbocycles. The molecule has 2 fully saturated rings. The van der Waals surface area contributed by atoms with E-state index in [1.54, 1.807) is 0 Å². The third-order valence-electron chi connectivity index (χ3n) is 6.34. The van der Waals surface area contributed by atoms with Gasteiger partial charge in [0.25, 0.3) is 5.91 Å². The molecule has 0 radical (unpaired) electrons. The maximum absolute atomic E-state index is 13.9. The van der Waals surface area contributed by atoms with E-state index in [-0.39, 0.29) is 55.9 Å². The van der Waals surface area contributed by atoms with Crippen molar-refractivity contribution >= 4 is 45.2 Å². The van der Waals surface area contributed by atoms with Crippen molar-refractivity contribution in [2.24, 2.45) is 17.8 Å². The largest absolute Gasteiger partial charge is 0.496 e. The number of carbonyl (C=O) groups excluding carboxylic acids is 2. The number of ether oxygens (including phenoxy) is 1. The number of carbonyl (C=O) groups is 2. The maximum Gasteiger partial charge on any atom is 0.446 e. The molecular formula is C23H21BrF4N2O3S. The fraction of sp³-hybridized carbons (Fsp3) is 0.391. The Kier molecular flexibility index (Phi) is 7.14. The molecule has 5 nitrogen and oxygen atoms in total. The highest BCUT2D eigenvalue weighted by Crippen LogP contribution is 2.49. The van der Waals surface area contributed by atoms with Gasteiger partial charge < -0.3 is 15.4 Å². The van der Waals surface area contributed by atoms with E-state index in [0.717, 1.165) is 25.3 Å². The number of anilines is 1. The van der Waals surface area contributed by atoms with Gasteiger partial charge in [0.05, 0.1) is 23.1 Å². The molecule has 0 aliphatic heterocycles. The van der Waals surface area contributed by atoms with Crippen LogP contribution in [0.2, 0.25) is 0 Å². The second kappa shape index (κ2) is 9.77. The molecule has 2 aliphatic rings. The first-order valence-electron chi connectivity index (χ1n) is 10.6. The first kappa shape index (κ1) is 24.8. The van der Waals surface area contributed by atoms with Crippen molar-refractivity contribution in [3.8, 4) is 5.75 Å². The minimum atomic E-state index is -4.43. The molecule has 4 unspecified atom stereocenters. The number of fused-ring (bicyclic) bond motifs is 2. The van der Waals surface area contributed by atoms with Gasteiger partial charge >= 0.3 is 5.51 Å². The molecular weight excluding hydrogens is 540 g/mol. The number of halogens is 5. The lowest BCUT2D eigenvalue weighted by molar-refractivity contribution is -0.122. The van der Waals surface area contributed by atoms with Crippen LogP contribution in [0.4, 0.5) is 23.2 Å². The number of hydrogen-bond acceptors (Lipinski definition) is 4. The number of nitrogens with one attached hydrogen (secondary N) is 2. The van der Waals surface area contributed by atoms with Crippen molar-refractivity contribution in [3.63, 3.8) is 0 Å². The predicted octanol–water partition coefficient (Wildman–Crippen LogP) is 5.99. The summed E-state index contributed by atoms with van der Waals surface area (Å²) in [6, 6.07) is 7.56. The van der Waals surface area contributed by atoms with Gasteiger partial charge in [-0.05, 0) is 83.1 Å². The number of hydrogen-bond donors (Lipinski definition) is 2. The zero-order valence-corrected chi connectivity index (χ0v) is 20.3. The van der Waals surface area contributed by atoms with Gasteiger partial charge in [0, 0.05) is 22.7 Å². The van der Waals surface area contributed by atoms with Crippen LogP contribution in [0.15, 0.2) is 45.8 Å². The molecule has 0 saturated heterocycles. The Morgan fingerprint density at radius 3 is 2.59 bits per heavy atom. The van der Waals surface area contributed by atoms with Crippen molar-refractivity contribution in [1.82, 2.24) is 5.32 Å². The lowest BCUT2D eigenvalue weighted by Crippen LogP contribution is -2.48. The van der Waals surface area contributed by atoms with Crippen LogP contribution in [0.3, 0.4) is 0 Å². The minimum Gasteiger partial charge on any atom is -0.496 e. The third kappa shape index (κ3) is 5.35. The molecule has 2 saturated carbocycles. The molecule has 2 aromatic carbocycles. The van der Waals surface area contributed by atoms with Gasteiger partial charge in [0.2, 0.25) is 5.91 Å². The molecule has 11 heteroatoms. The first-order chi connectivity index (χ1) is 16.1. The normalized spacial score (nSPS) is 23.6. The van der Waals surface area contributed by atoms with Gasteiger partial charge in [-0.3, -0.25) is 9.59 Å². The molecule has 4 atom stereocenters. The topological polar surface area (TPSA) is 67.4 Å². The smallest absolute Gasteiger partial charge is 0.446 e. The summed E-state index contributed by atoms with van der Waals surface area (Å²) in [4.78, 5) is 26.2. The Labute approximate surface area is 206 Å². The van der Waals surface area contributed by atoms with E-state index in [4.69, 9.17) is 4.74 Å². The van der Waals surface area contributed by atoms with Crippen molar-refractivity contribution in [2.45, 2.75) is 35.7 Å². The summed E-state index contributed by atoms with van der Waals surface area (Å²) in [5.74, 6) is -1.71. The summed E-state index contributed by atoms with van der Waals surface area (Å²) >= 11 is 2.82. The second-order valence-corrected chi connectivity index (χ2v) is 10.4. The average Bonchev–Trinajstić information content (AvgIpc) is 3.36. The number of amides is 2. The standard InChI is InChI=1S/C23H21BrF4N2O3S/c1-33-18-10-17(25)16(24)9-15(18)21(31)30-20-12-6-5-11(7-12)19(20)22(32)29-13-3-2-4-14(8-13)34-23(26,27)28/h2-4,8-12,19-20H,5-7H2,1H3,(H,29,32)(H,30,31). The quantitative estimate of drug-likeness (QED) is 0.336. The predicted molar refractivity (Wildman–Crippen MR) is 123 cm³/mol. The Hall–Kier alpha value is -2.27. The molecule has 2 amide bonds. The van der Waals surface area contributed by atoms with Gasteiger partial charge in [0.1, 0.15) is 11.6 Å². The summed E-state index contributed by atoms with van der Waals surface area (Å²) in [7, 11) is 1.33. The van der Waals surface area contributed by atoms with E-state index in [9.17, 15) is 27.2 Å². The zero-order chi connectivity index (χ0) is 24.6. The second-order valence-electron chi connectivity index (χ2n) is 8.39. The van der Waals surface area contributed by atoms with Gasteiger partial charge in [-0.25, -0.2) is 4.39 Å². The number of methoxy groups -OCH3 is 1. The van der Waals surface area contributed by atoms with Crippen LogP contribution in [0.5, 0.6) is 5.75 Å². The van der Waals surface area contributed by atoms with Crippen LogP contribution < -0.4 is 15.4 Å². The van der Waals surface area contributed by atoms with Gasteiger partial charge in [0.15, 0.2) is 0 Å². The minimum absolute atomic E-state index is 0.0305. The Balaban J connectivity index is 1.51. The van der Waals surface area contributed by atoms with Crippen LogP contribution >= 0.6 is 27.7 Å². The molecule has 0 spiro atoms. The summed E-state index contributed by atoms with van der Waals surface area (Å²) < 4.78 is 57.2. The number of alkyl halides is 3. The average molecular weight is 561 g/mol. The summed E-state index contributed by atoms with van der Waals surface area (Å²) in [5, 5.41) is 5.66. The van der Waals surface area contributed by atoms with Gasteiger partial charge in [-0.1, -0.05) is 6.07 Å². The SMILES string of the molecule is COc1cc(F)c(Br)cc1C(=O)NC1C2CCC(C2)C1C(=O)Nc1cccc(SC(F)(F)F)c1. The van der Waals surface area contributed by atoms with Crippen molar-refractivity contribution in [1.29, 1.82) is 0 Å². The molecule has 2 bridgehead atoms. The van der Waals surface area contributed by atoms with E-state index in [2.05, 4.69) is 26.6 Å². The summed E-state index contributed by atoms with van der Waals surface area (Å²) in [5.41, 5.74) is -4.04. The molecule has 4 rings (SSSR count). The highest BCUT2D eigenvalue weighted by Gasteiger charge is 2.51. The Morgan fingerprint density at radius 1 is 1.15 bits per heavy atom. The Bertz CT molecular complexity index is 1110. The molecule has 0 heterocycles. The number of thioether (sulfide) groups is 1. The van der Waals surface area contributed by atoms with E-state index in [0.29, 0.717) is 0 Å². The van der Waals surface area contributed by atoms with Crippen LogP contribution in [-0.4, -0.2) is 30.5 Å². The first-order valence-corrected chi connectivity index (χ1v) is 12.2. The van der Waals surface area contributed by atoms with Crippen molar-refractivity contribution in [2.75, 3.05) is 12.4 Å². The van der Waals surface area contributed by atoms with Crippen LogP contribution in [0.1, 0.15) is 29.6 Å². The lowest BCUT2D eigenvalue weighted by atomic mass is 9.83. The summed E-state index contributed by atoms with van der Waals surface area (Å²) in [6.45, 7) is 0. The highest BCUT2D eigenvalue weighted by atomic mass is 79.9. The third-order valence-corrected chi connectivity index (χ3v) is 7.67. The van der Waals surface area contributed by atoms with E-state index in [1.165, 1.54) is 37.4 Å². The van der Waals surface area contributed by atoms with Crippen LogP contribution in [-0.2, 0) is 4.79 Å². The molecule has 2 aromatic rings. The highest BCUT2D eigenvalue weighted by molar-refractivity contribution is 9.10. The monoisotopic (exact) mass is 560 g/mol. The lowest BCUT2D eigenvalue weighted by Gasteiger charge is -2.31. The van der Waals surface area contributed by atoms with Gasteiger partial charge in [-0.15, -0.1) is 0 Å². The zero-order valence-electron chi connectivity index (χ0n) is 17.9. The van der Waals surface area contributed by atoms with Crippen molar-refractivity contribution < 1.29 is 31.9 Å². The van der Waals surface area contributed by atoms with Crippen molar-refractivity contribution in [3.05, 3.63) is 52.3 Å². The maximum atomic E-state index is 13.9. The van der Waals surface area contributed by atoms with Gasteiger partial charge in [-0.2, -0.15) is 13.2 Å². The molecule has 34 heavy (non-hydrogen) atoms.